The van der Waals surface area contributed by atoms with E-state index < -0.39 is 24.0 Å². The molecule has 0 radical (unpaired) electrons. The second-order valence-electron chi connectivity index (χ2n) is 8.24. The van der Waals surface area contributed by atoms with Gasteiger partial charge in [-0.3, -0.25) is 10.1 Å². The zero-order valence-electron chi connectivity index (χ0n) is 19.9. The van der Waals surface area contributed by atoms with Crippen LogP contribution in [0.25, 0.3) is 22.6 Å². The number of benzene rings is 2. The maximum atomic E-state index is 13.4. The number of carbonyl (C=O) groups excluding carboxylic acids is 3. The molecule has 3 amide bonds. The zero-order valence-corrected chi connectivity index (χ0v) is 19.9. The van der Waals surface area contributed by atoms with Gasteiger partial charge in [0.05, 0.1) is 23.9 Å². The molecule has 1 unspecified atom stereocenters. The Hall–Kier alpha value is -4.20. The number of imide groups is 1. The van der Waals surface area contributed by atoms with Crippen LogP contribution in [-0.2, 0) is 16.0 Å². The summed E-state index contributed by atoms with van der Waals surface area (Å²) in [4.78, 5) is 42.0. The number of amides is 3. The number of para-hydroxylation sites is 1. The van der Waals surface area contributed by atoms with Crippen LogP contribution in [0, 0.1) is 0 Å². The molecule has 35 heavy (non-hydrogen) atoms. The van der Waals surface area contributed by atoms with Gasteiger partial charge < -0.3 is 14.8 Å². The predicted molar refractivity (Wildman–Crippen MR) is 133 cm³/mol. The molecule has 1 aliphatic rings. The van der Waals surface area contributed by atoms with Gasteiger partial charge in [-0.05, 0) is 67.2 Å². The summed E-state index contributed by atoms with van der Waals surface area (Å²) in [5.41, 5.74) is 4.68. The van der Waals surface area contributed by atoms with E-state index in [-0.39, 0.29) is 0 Å². The van der Waals surface area contributed by atoms with Gasteiger partial charge in [0, 0.05) is 12.4 Å². The molecule has 8 nitrogen and oxygen atoms in total. The van der Waals surface area contributed by atoms with Crippen LogP contribution in [0.3, 0.4) is 0 Å². The van der Waals surface area contributed by atoms with Crippen molar-refractivity contribution in [3.63, 3.8) is 0 Å². The number of hydrogen-bond acceptors (Lipinski definition) is 6. The molecule has 180 valence electrons. The zero-order chi connectivity index (χ0) is 24.9. The Balaban J connectivity index is 1.74. The van der Waals surface area contributed by atoms with Gasteiger partial charge in [-0.25, -0.2) is 14.6 Å². The molecule has 2 N–H and O–H groups in total. The lowest BCUT2D eigenvalue weighted by Crippen LogP contribution is -2.43. The fraction of sp³-hybridized carbons (Fsp3) is 0.259. The lowest BCUT2D eigenvalue weighted by Gasteiger charge is -2.23. The van der Waals surface area contributed by atoms with E-state index in [1.165, 1.54) is 14.0 Å². The Labute approximate surface area is 203 Å². The van der Waals surface area contributed by atoms with Crippen LogP contribution in [0.5, 0.6) is 5.75 Å². The molecule has 1 aliphatic carbocycles. The number of ether oxygens (including phenoxy) is 2. The molecule has 0 saturated heterocycles. The van der Waals surface area contributed by atoms with Crippen molar-refractivity contribution >= 4 is 40.5 Å². The number of methoxy groups -OCH3 is 1. The largest absolute Gasteiger partial charge is 0.497 e. The van der Waals surface area contributed by atoms with Gasteiger partial charge in [0.25, 0.3) is 5.91 Å². The molecule has 4 rings (SSSR count). The molecule has 0 fully saturated rings. The van der Waals surface area contributed by atoms with E-state index in [1.807, 2.05) is 48.5 Å². The molecular formula is C27H27N3O5. The van der Waals surface area contributed by atoms with Crippen LogP contribution in [0.1, 0.15) is 46.9 Å². The number of carbonyl (C=O) groups is 3. The highest BCUT2D eigenvalue weighted by Gasteiger charge is 2.28. The monoisotopic (exact) mass is 473 g/mol. The number of pyridine rings is 1. The summed E-state index contributed by atoms with van der Waals surface area (Å²) in [7, 11) is 3.02. The third-order valence-corrected chi connectivity index (χ3v) is 5.95. The van der Waals surface area contributed by atoms with Gasteiger partial charge in [0.15, 0.2) is 6.10 Å². The number of esters is 1. The van der Waals surface area contributed by atoms with Crippen LogP contribution in [-0.4, -0.2) is 43.2 Å². The minimum atomic E-state index is -1.15. The summed E-state index contributed by atoms with van der Waals surface area (Å²) in [6.07, 6.45) is 3.26. The Morgan fingerprint density at radius 1 is 1.06 bits per heavy atom. The molecule has 1 atom stereocenters. The third-order valence-electron chi connectivity index (χ3n) is 5.95. The number of hydrogen-bond donors (Lipinski definition) is 2. The van der Waals surface area contributed by atoms with Gasteiger partial charge >= 0.3 is 12.0 Å². The number of rotatable bonds is 5. The summed E-state index contributed by atoms with van der Waals surface area (Å²) in [5.74, 6) is -0.546. The molecule has 1 aromatic heterocycles. The van der Waals surface area contributed by atoms with E-state index in [9.17, 15) is 14.4 Å². The minimum absolute atomic E-state index is 0.408. The van der Waals surface area contributed by atoms with Crippen molar-refractivity contribution in [2.75, 3.05) is 14.2 Å². The molecule has 2 aromatic carbocycles. The van der Waals surface area contributed by atoms with E-state index in [4.69, 9.17) is 14.5 Å². The standard InChI is InChI=1S/C27H27N3O5/c1-16(25(31)30-27(33)28-2)35-26(32)23-20-8-4-5-10-22(20)29-24-18(7-6-9-21(23)24)15-17-11-13-19(34-3)14-12-17/h4-5,8,10-16H,6-7,9H2,1-3H3,(H2,28,30,31,33)/b18-15+. The first kappa shape index (κ1) is 23.9. The number of allylic oxidation sites excluding steroid dienone is 1. The van der Waals surface area contributed by atoms with Crippen LogP contribution in [0.2, 0.25) is 0 Å². The van der Waals surface area contributed by atoms with Crippen LogP contribution in [0.15, 0.2) is 48.5 Å². The first-order valence-corrected chi connectivity index (χ1v) is 11.4. The Morgan fingerprint density at radius 3 is 2.51 bits per heavy atom. The van der Waals surface area contributed by atoms with E-state index in [2.05, 4.69) is 16.7 Å². The molecular weight excluding hydrogens is 446 g/mol. The number of nitrogens with one attached hydrogen (secondary N) is 2. The average molecular weight is 474 g/mol. The van der Waals surface area contributed by atoms with Gasteiger partial charge in [0.1, 0.15) is 5.75 Å². The molecule has 0 spiro atoms. The van der Waals surface area contributed by atoms with Crippen molar-refractivity contribution in [3.8, 4) is 5.75 Å². The fourth-order valence-electron chi connectivity index (χ4n) is 4.16. The van der Waals surface area contributed by atoms with Crippen molar-refractivity contribution in [1.82, 2.24) is 15.6 Å². The summed E-state index contributed by atoms with van der Waals surface area (Å²) < 4.78 is 10.8. The molecule has 0 saturated carbocycles. The number of urea groups is 1. The maximum Gasteiger partial charge on any atom is 0.339 e. The van der Waals surface area contributed by atoms with Gasteiger partial charge in [-0.2, -0.15) is 0 Å². The fourth-order valence-corrected chi connectivity index (χ4v) is 4.16. The predicted octanol–water partition coefficient (Wildman–Crippen LogP) is 4.12. The summed E-state index contributed by atoms with van der Waals surface area (Å²) >= 11 is 0. The number of aromatic nitrogens is 1. The van der Waals surface area contributed by atoms with Gasteiger partial charge in [-0.15, -0.1) is 0 Å². The minimum Gasteiger partial charge on any atom is -0.497 e. The lowest BCUT2D eigenvalue weighted by molar-refractivity contribution is -0.127. The van der Waals surface area contributed by atoms with Gasteiger partial charge in [0.2, 0.25) is 0 Å². The number of nitrogens with zero attached hydrogens (tertiary/aromatic N) is 1. The first-order valence-electron chi connectivity index (χ1n) is 11.4. The Kier molecular flexibility index (Phi) is 7.10. The summed E-state index contributed by atoms with van der Waals surface area (Å²) in [5, 5.41) is 5.10. The highest BCUT2D eigenvalue weighted by atomic mass is 16.5. The summed E-state index contributed by atoms with van der Waals surface area (Å²) in [6.45, 7) is 1.43. The maximum absolute atomic E-state index is 13.4. The van der Waals surface area contributed by atoms with Crippen LogP contribution < -0.4 is 15.4 Å². The van der Waals surface area contributed by atoms with Crippen molar-refractivity contribution < 1.29 is 23.9 Å². The number of fused-ring (bicyclic) bond motifs is 2. The van der Waals surface area contributed by atoms with E-state index >= 15 is 0 Å². The topological polar surface area (TPSA) is 107 Å². The summed E-state index contributed by atoms with van der Waals surface area (Å²) in [6, 6.07) is 14.5. The second kappa shape index (κ2) is 10.4. The highest BCUT2D eigenvalue weighted by molar-refractivity contribution is 6.07. The van der Waals surface area contributed by atoms with Crippen molar-refractivity contribution in [2.45, 2.75) is 32.3 Å². The SMILES string of the molecule is CNC(=O)NC(=O)C(C)OC(=O)c1c2c(nc3ccccc13)/C(=C/c1ccc(OC)cc1)CCC2. The smallest absolute Gasteiger partial charge is 0.339 e. The first-order chi connectivity index (χ1) is 16.9. The Morgan fingerprint density at radius 2 is 1.80 bits per heavy atom. The average Bonchev–Trinajstić information content (AvgIpc) is 2.87. The normalized spacial score (nSPS) is 14.7. The van der Waals surface area contributed by atoms with E-state index in [1.54, 1.807) is 7.11 Å². The molecule has 8 heteroatoms. The molecule has 0 bridgehead atoms. The van der Waals surface area contributed by atoms with Crippen molar-refractivity contribution in [2.24, 2.45) is 0 Å². The van der Waals surface area contributed by atoms with Crippen molar-refractivity contribution in [3.05, 3.63) is 70.9 Å². The van der Waals surface area contributed by atoms with Gasteiger partial charge in [-0.1, -0.05) is 30.3 Å². The second-order valence-corrected chi connectivity index (χ2v) is 8.24. The van der Waals surface area contributed by atoms with Crippen LogP contribution >= 0.6 is 0 Å². The molecule has 0 aliphatic heterocycles. The Bertz CT molecular complexity index is 1310. The van der Waals surface area contributed by atoms with Crippen LogP contribution in [0.4, 0.5) is 4.79 Å². The van der Waals surface area contributed by atoms with E-state index in [0.717, 1.165) is 41.0 Å². The third kappa shape index (κ3) is 5.16. The lowest BCUT2D eigenvalue weighted by atomic mass is 9.86. The van der Waals surface area contributed by atoms with Crippen molar-refractivity contribution in [1.29, 1.82) is 0 Å². The quantitative estimate of drug-likeness (QED) is 0.540. The van der Waals surface area contributed by atoms with E-state index in [0.29, 0.717) is 22.9 Å². The molecule has 1 heterocycles. The highest BCUT2D eigenvalue weighted by Crippen LogP contribution is 2.36. The molecule has 3 aromatic rings.